The number of aliphatic imine (C=N–C) groups is 1. The first-order valence-corrected chi connectivity index (χ1v) is 7.46. The summed E-state index contributed by atoms with van der Waals surface area (Å²) in [5, 5.41) is 5.46. The molecular formula is C13H16N4O7S. The highest BCUT2D eigenvalue weighted by atomic mass is 32.1. The van der Waals surface area contributed by atoms with Gasteiger partial charge in [-0.15, -0.1) is 0 Å². The molecular weight excluding hydrogens is 356 g/mol. The lowest BCUT2D eigenvalue weighted by atomic mass is 9.97. The summed E-state index contributed by atoms with van der Waals surface area (Å²) in [5.41, 5.74) is 8.50. The molecule has 0 N–H and O–H groups in total. The van der Waals surface area contributed by atoms with E-state index in [1.807, 2.05) is 0 Å². The molecule has 11 nitrogen and oxygen atoms in total. The molecule has 136 valence electrons. The van der Waals surface area contributed by atoms with Gasteiger partial charge in [-0.3, -0.25) is 14.4 Å². The van der Waals surface area contributed by atoms with Crippen molar-refractivity contribution in [2.24, 2.45) is 10.1 Å². The highest BCUT2D eigenvalue weighted by Gasteiger charge is 2.51. The Morgan fingerprint density at radius 3 is 2.08 bits per heavy atom. The van der Waals surface area contributed by atoms with Gasteiger partial charge in [-0.05, 0) is 17.7 Å². The smallest absolute Gasteiger partial charge is 0.303 e. The SMILES string of the molecule is CC(=O)OC1C(OC(C)=O)[C@H](N=C=S)OC(CN=[N+]=[N-])[C@H]1OC(C)=O. The monoisotopic (exact) mass is 372 g/mol. The van der Waals surface area contributed by atoms with Gasteiger partial charge < -0.3 is 18.9 Å². The number of esters is 3. The lowest BCUT2D eigenvalue weighted by Gasteiger charge is -2.42. The Balaban J connectivity index is 3.32. The molecule has 1 fully saturated rings. The molecule has 1 rings (SSSR count). The fourth-order valence-electron chi connectivity index (χ4n) is 2.29. The molecule has 0 amide bonds. The van der Waals surface area contributed by atoms with Crippen molar-refractivity contribution in [3.8, 4) is 0 Å². The molecule has 0 aromatic rings. The van der Waals surface area contributed by atoms with Crippen molar-refractivity contribution in [2.45, 2.75) is 51.4 Å². The van der Waals surface area contributed by atoms with Gasteiger partial charge in [0.05, 0.1) is 11.7 Å². The van der Waals surface area contributed by atoms with Gasteiger partial charge >= 0.3 is 17.9 Å². The van der Waals surface area contributed by atoms with Gasteiger partial charge in [-0.2, -0.15) is 4.99 Å². The van der Waals surface area contributed by atoms with Crippen molar-refractivity contribution in [1.82, 2.24) is 0 Å². The minimum atomic E-state index is -1.24. The molecule has 1 aliphatic heterocycles. The quantitative estimate of drug-likeness (QED) is 0.127. The third kappa shape index (κ3) is 6.12. The molecule has 25 heavy (non-hydrogen) atoms. The first kappa shape index (κ1) is 20.5. The van der Waals surface area contributed by atoms with Gasteiger partial charge in [0.1, 0.15) is 6.10 Å². The van der Waals surface area contributed by atoms with Crippen LogP contribution in [-0.2, 0) is 33.3 Å². The molecule has 0 radical (unpaired) electrons. The van der Waals surface area contributed by atoms with Crippen LogP contribution in [-0.4, -0.2) is 60.3 Å². The Bertz CT molecular complexity index is 630. The minimum Gasteiger partial charge on any atom is -0.456 e. The first-order valence-electron chi connectivity index (χ1n) is 7.05. The molecule has 0 saturated carbocycles. The molecule has 0 spiro atoms. The van der Waals surface area contributed by atoms with Gasteiger partial charge in [0, 0.05) is 25.7 Å². The van der Waals surface area contributed by atoms with Crippen LogP contribution in [0.15, 0.2) is 10.1 Å². The van der Waals surface area contributed by atoms with Crippen LogP contribution in [0.4, 0.5) is 0 Å². The summed E-state index contributed by atoms with van der Waals surface area (Å²) in [6, 6.07) is 0. The van der Waals surface area contributed by atoms with E-state index in [2.05, 4.69) is 32.4 Å². The number of ether oxygens (including phenoxy) is 4. The van der Waals surface area contributed by atoms with Crippen molar-refractivity contribution in [1.29, 1.82) is 0 Å². The van der Waals surface area contributed by atoms with E-state index in [0.29, 0.717) is 0 Å². The topological polar surface area (TPSA) is 149 Å². The number of carbonyl (C=O) groups is 3. The zero-order chi connectivity index (χ0) is 19.0. The summed E-state index contributed by atoms with van der Waals surface area (Å²) < 4.78 is 21.0. The zero-order valence-corrected chi connectivity index (χ0v) is 14.5. The predicted molar refractivity (Wildman–Crippen MR) is 84.4 cm³/mol. The average Bonchev–Trinajstić information content (AvgIpc) is 2.50. The second-order valence-electron chi connectivity index (χ2n) is 4.92. The molecule has 0 bridgehead atoms. The largest absolute Gasteiger partial charge is 0.456 e. The van der Waals surface area contributed by atoms with Crippen molar-refractivity contribution >= 4 is 35.3 Å². The van der Waals surface area contributed by atoms with Crippen LogP contribution in [0.25, 0.3) is 10.4 Å². The molecule has 1 heterocycles. The maximum absolute atomic E-state index is 11.5. The van der Waals surface area contributed by atoms with E-state index < -0.39 is 48.6 Å². The minimum absolute atomic E-state index is 0.248. The van der Waals surface area contributed by atoms with E-state index in [4.69, 9.17) is 24.5 Å². The maximum atomic E-state index is 11.5. The van der Waals surface area contributed by atoms with E-state index in [1.54, 1.807) is 0 Å². The summed E-state index contributed by atoms with van der Waals surface area (Å²) in [5.74, 6) is -2.12. The van der Waals surface area contributed by atoms with Crippen LogP contribution in [0.1, 0.15) is 20.8 Å². The highest BCUT2D eigenvalue weighted by molar-refractivity contribution is 7.78. The summed E-state index contributed by atoms with van der Waals surface area (Å²) in [7, 11) is 0. The molecule has 5 atom stereocenters. The Morgan fingerprint density at radius 2 is 1.60 bits per heavy atom. The summed E-state index contributed by atoms with van der Waals surface area (Å²) in [4.78, 5) is 40.6. The second kappa shape index (κ2) is 9.70. The normalized spacial score (nSPS) is 27.9. The van der Waals surface area contributed by atoms with Crippen molar-refractivity contribution in [3.63, 3.8) is 0 Å². The molecule has 3 unspecified atom stereocenters. The standard InChI is InChI=1S/C13H16N4O7S/c1-6(18)21-10-9(4-16-17-14)24-13(15-5-25)12(23-8(3)20)11(10)22-7(2)19/h9-13H,4H2,1-3H3/t9?,10-,11?,12?,13-/m1/s1. The fourth-order valence-corrected chi connectivity index (χ4v) is 2.40. The third-order valence-electron chi connectivity index (χ3n) is 3.02. The van der Waals surface area contributed by atoms with E-state index in [0.717, 1.165) is 20.8 Å². The molecule has 0 aliphatic carbocycles. The Labute approximate surface area is 147 Å². The van der Waals surface area contributed by atoms with Crippen LogP contribution in [0, 0.1) is 0 Å². The lowest BCUT2D eigenvalue weighted by Crippen LogP contribution is -2.61. The number of hydrogen-bond donors (Lipinski definition) is 0. The highest BCUT2D eigenvalue weighted by Crippen LogP contribution is 2.29. The third-order valence-corrected chi connectivity index (χ3v) is 3.13. The van der Waals surface area contributed by atoms with Crippen LogP contribution < -0.4 is 0 Å². The summed E-state index contributed by atoms with van der Waals surface area (Å²) >= 11 is 4.54. The number of nitrogens with zero attached hydrogens (tertiary/aromatic N) is 4. The molecule has 1 aliphatic rings. The van der Waals surface area contributed by atoms with Crippen LogP contribution >= 0.6 is 12.2 Å². The number of carbonyl (C=O) groups excluding carboxylic acids is 3. The van der Waals surface area contributed by atoms with Crippen LogP contribution in [0.3, 0.4) is 0 Å². The Morgan fingerprint density at radius 1 is 1.08 bits per heavy atom. The number of rotatable bonds is 6. The lowest BCUT2D eigenvalue weighted by molar-refractivity contribution is -0.243. The van der Waals surface area contributed by atoms with E-state index in [1.165, 1.54) is 0 Å². The summed E-state index contributed by atoms with van der Waals surface area (Å²) in [6.45, 7) is 3.15. The molecule has 0 aromatic heterocycles. The number of thiocarbonyl (C=S) groups is 1. The molecule has 0 aromatic carbocycles. The van der Waals surface area contributed by atoms with Crippen LogP contribution in [0.2, 0.25) is 0 Å². The van der Waals surface area contributed by atoms with Gasteiger partial charge in [-0.1, -0.05) is 5.11 Å². The number of azide groups is 1. The predicted octanol–water partition coefficient (Wildman–Crippen LogP) is 0.919. The van der Waals surface area contributed by atoms with E-state index in [-0.39, 0.29) is 6.54 Å². The zero-order valence-electron chi connectivity index (χ0n) is 13.6. The van der Waals surface area contributed by atoms with Gasteiger partial charge in [0.2, 0.25) is 0 Å². The first-order chi connectivity index (χ1) is 11.8. The van der Waals surface area contributed by atoms with Gasteiger partial charge in [-0.25, -0.2) is 0 Å². The Hall–Kier alpha value is -2.52. The maximum Gasteiger partial charge on any atom is 0.303 e. The second-order valence-corrected chi connectivity index (χ2v) is 5.10. The van der Waals surface area contributed by atoms with E-state index >= 15 is 0 Å². The van der Waals surface area contributed by atoms with Crippen LogP contribution in [0.5, 0.6) is 0 Å². The number of isothiocyanates is 1. The van der Waals surface area contributed by atoms with Gasteiger partial charge in [0.25, 0.3) is 0 Å². The molecule has 1 saturated heterocycles. The van der Waals surface area contributed by atoms with Crippen molar-refractivity contribution in [2.75, 3.05) is 6.54 Å². The Kier molecular flexibility index (Phi) is 7.96. The van der Waals surface area contributed by atoms with E-state index in [9.17, 15) is 14.4 Å². The average molecular weight is 372 g/mol. The molecule has 12 heteroatoms. The van der Waals surface area contributed by atoms with Crippen molar-refractivity contribution in [3.05, 3.63) is 10.4 Å². The number of hydrogen-bond acceptors (Lipinski definition) is 10. The summed E-state index contributed by atoms with van der Waals surface area (Å²) in [6.07, 6.45) is -5.85. The van der Waals surface area contributed by atoms with Crippen molar-refractivity contribution < 1.29 is 33.3 Å². The van der Waals surface area contributed by atoms with Gasteiger partial charge in [0.15, 0.2) is 24.5 Å². The fraction of sp³-hybridized carbons (Fsp3) is 0.692.